The van der Waals surface area contributed by atoms with Gasteiger partial charge in [0, 0.05) is 7.05 Å². The number of rotatable bonds is 2. The van der Waals surface area contributed by atoms with Gasteiger partial charge < -0.3 is 10.1 Å². The second kappa shape index (κ2) is 4.86. The number of likely N-dealkylation sites (N-methyl/N-ethyl adjacent to an activating group) is 1. The molecule has 1 aliphatic heterocycles. The first kappa shape index (κ1) is 11.4. The van der Waals surface area contributed by atoms with Crippen LogP contribution < -0.4 is 15.0 Å². The third-order valence-electron chi connectivity index (χ3n) is 2.61. The quantitative estimate of drug-likeness (QED) is 0.813. The van der Waals surface area contributed by atoms with Crippen molar-refractivity contribution in [3.05, 3.63) is 24.3 Å². The van der Waals surface area contributed by atoms with Crippen molar-refractivity contribution in [1.29, 1.82) is 0 Å². The fourth-order valence-electron chi connectivity index (χ4n) is 1.72. The molecule has 90 valence electrons. The molecule has 1 aromatic carbocycles. The molecule has 0 bridgehead atoms. The van der Waals surface area contributed by atoms with Gasteiger partial charge in [-0.3, -0.25) is 14.5 Å². The van der Waals surface area contributed by atoms with Crippen LogP contribution in [0.15, 0.2) is 24.3 Å². The number of hydrogen-bond donors (Lipinski definition) is 1. The van der Waals surface area contributed by atoms with Crippen molar-refractivity contribution in [3.63, 3.8) is 0 Å². The van der Waals surface area contributed by atoms with Crippen molar-refractivity contribution in [2.45, 2.75) is 6.42 Å². The number of amides is 2. The van der Waals surface area contributed by atoms with Crippen LogP contribution in [0.25, 0.3) is 0 Å². The fourth-order valence-corrected chi connectivity index (χ4v) is 1.72. The highest BCUT2D eigenvalue weighted by atomic mass is 16.5. The third kappa shape index (κ3) is 2.38. The van der Waals surface area contributed by atoms with Gasteiger partial charge in [-0.2, -0.15) is 0 Å². The Kier molecular flexibility index (Phi) is 3.27. The van der Waals surface area contributed by atoms with Gasteiger partial charge in [-0.1, -0.05) is 12.1 Å². The molecule has 17 heavy (non-hydrogen) atoms. The normalized spacial score (nSPS) is 14.6. The lowest BCUT2D eigenvalue weighted by Crippen LogP contribution is -2.39. The van der Waals surface area contributed by atoms with Gasteiger partial charge in [0.15, 0.2) is 0 Å². The lowest BCUT2D eigenvalue weighted by Gasteiger charge is -2.20. The molecular weight excluding hydrogens is 220 g/mol. The Balaban J connectivity index is 2.33. The van der Waals surface area contributed by atoms with Crippen molar-refractivity contribution >= 4 is 17.5 Å². The molecular formula is C12H14N2O3. The molecule has 0 aliphatic carbocycles. The standard InChI is InChI=1S/C12H14N2O3/c1-13-11(15)8-14-9-4-2-3-5-10(9)17-7-6-12(14)16/h2-5H,6-8H2,1H3,(H,13,15). The number of carbonyl (C=O) groups excluding carboxylic acids is 2. The lowest BCUT2D eigenvalue weighted by atomic mass is 10.2. The number of fused-ring (bicyclic) bond motifs is 1. The summed E-state index contributed by atoms with van der Waals surface area (Å²) < 4.78 is 5.47. The highest BCUT2D eigenvalue weighted by molar-refractivity contribution is 6.00. The number of hydrogen-bond acceptors (Lipinski definition) is 3. The summed E-state index contributed by atoms with van der Waals surface area (Å²) in [7, 11) is 1.55. The average Bonchev–Trinajstić information content (AvgIpc) is 2.50. The van der Waals surface area contributed by atoms with E-state index in [2.05, 4.69) is 5.32 Å². The van der Waals surface area contributed by atoms with Gasteiger partial charge in [-0.25, -0.2) is 0 Å². The van der Waals surface area contributed by atoms with Crippen molar-refractivity contribution < 1.29 is 14.3 Å². The van der Waals surface area contributed by atoms with E-state index in [9.17, 15) is 9.59 Å². The SMILES string of the molecule is CNC(=O)CN1C(=O)CCOc2ccccc21. The van der Waals surface area contributed by atoms with E-state index in [0.717, 1.165) is 0 Å². The number of para-hydroxylation sites is 2. The van der Waals surface area contributed by atoms with Crippen LogP contribution in [0.3, 0.4) is 0 Å². The van der Waals surface area contributed by atoms with Crippen molar-refractivity contribution in [1.82, 2.24) is 5.32 Å². The minimum Gasteiger partial charge on any atom is -0.491 e. The van der Waals surface area contributed by atoms with Gasteiger partial charge in [0.1, 0.15) is 12.3 Å². The van der Waals surface area contributed by atoms with Crippen LogP contribution in [0.2, 0.25) is 0 Å². The first-order chi connectivity index (χ1) is 8.22. The van der Waals surface area contributed by atoms with Gasteiger partial charge in [-0.15, -0.1) is 0 Å². The minimum atomic E-state index is -0.199. The summed E-state index contributed by atoms with van der Waals surface area (Å²) in [6, 6.07) is 7.23. The van der Waals surface area contributed by atoms with E-state index in [1.807, 2.05) is 12.1 Å². The molecule has 0 saturated carbocycles. The second-order valence-corrected chi connectivity index (χ2v) is 3.72. The first-order valence-electron chi connectivity index (χ1n) is 5.45. The zero-order chi connectivity index (χ0) is 12.3. The van der Waals surface area contributed by atoms with E-state index in [4.69, 9.17) is 4.74 Å². The molecule has 0 unspecified atom stereocenters. The minimum absolute atomic E-state index is 0.0235. The van der Waals surface area contributed by atoms with E-state index < -0.39 is 0 Å². The predicted octanol–water partition coefficient (Wildman–Crippen LogP) is 0.548. The monoisotopic (exact) mass is 234 g/mol. The van der Waals surface area contributed by atoms with E-state index >= 15 is 0 Å². The Hall–Kier alpha value is -2.04. The summed E-state index contributed by atoms with van der Waals surface area (Å²) in [5.41, 5.74) is 0.651. The Labute approximate surface area is 99.4 Å². The summed E-state index contributed by atoms with van der Waals surface area (Å²) in [4.78, 5) is 24.8. The van der Waals surface area contributed by atoms with E-state index in [1.54, 1.807) is 19.2 Å². The van der Waals surface area contributed by atoms with E-state index in [-0.39, 0.29) is 24.8 Å². The Bertz CT molecular complexity index is 445. The zero-order valence-electron chi connectivity index (χ0n) is 9.60. The van der Waals surface area contributed by atoms with Gasteiger partial charge >= 0.3 is 0 Å². The van der Waals surface area contributed by atoms with Crippen LogP contribution in [-0.2, 0) is 9.59 Å². The van der Waals surface area contributed by atoms with Crippen LogP contribution in [0.1, 0.15) is 6.42 Å². The number of nitrogens with zero attached hydrogens (tertiary/aromatic N) is 1. The zero-order valence-corrected chi connectivity index (χ0v) is 9.60. The predicted molar refractivity (Wildman–Crippen MR) is 63.0 cm³/mol. The maximum absolute atomic E-state index is 11.9. The maximum atomic E-state index is 11.9. The van der Waals surface area contributed by atoms with Crippen LogP contribution in [-0.4, -0.2) is 32.0 Å². The smallest absolute Gasteiger partial charge is 0.239 e. The summed E-state index contributed by atoms with van der Waals surface area (Å²) in [5.74, 6) is 0.343. The van der Waals surface area contributed by atoms with E-state index in [0.29, 0.717) is 18.0 Å². The molecule has 1 N–H and O–H groups in total. The molecule has 1 aromatic rings. The van der Waals surface area contributed by atoms with Crippen LogP contribution in [0, 0.1) is 0 Å². The van der Waals surface area contributed by atoms with Crippen LogP contribution in [0.5, 0.6) is 5.75 Å². The van der Waals surface area contributed by atoms with E-state index in [1.165, 1.54) is 4.90 Å². The topological polar surface area (TPSA) is 58.6 Å². The third-order valence-corrected chi connectivity index (χ3v) is 2.61. The van der Waals surface area contributed by atoms with Gasteiger partial charge in [0.05, 0.1) is 18.7 Å². The molecule has 0 atom stereocenters. The van der Waals surface area contributed by atoms with Gasteiger partial charge in [0.2, 0.25) is 11.8 Å². The summed E-state index contributed by atoms with van der Waals surface area (Å²) >= 11 is 0. The molecule has 2 rings (SSSR count). The molecule has 2 amide bonds. The average molecular weight is 234 g/mol. The molecule has 0 fully saturated rings. The van der Waals surface area contributed by atoms with Crippen molar-refractivity contribution in [2.24, 2.45) is 0 Å². The molecule has 0 saturated heterocycles. The molecule has 0 aromatic heterocycles. The number of benzene rings is 1. The summed E-state index contributed by atoms with van der Waals surface area (Å²) in [6.07, 6.45) is 0.283. The molecule has 0 spiro atoms. The fraction of sp³-hybridized carbons (Fsp3) is 0.333. The summed E-state index contributed by atoms with van der Waals surface area (Å²) in [5, 5.41) is 2.51. The summed E-state index contributed by atoms with van der Waals surface area (Å²) in [6.45, 7) is 0.371. The number of anilines is 1. The van der Waals surface area contributed by atoms with Crippen molar-refractivity contribution in [3.8, 4) is 5.75 Å². The second-order valence-electron chi connectivity index (χ2n) is 3.72. The molecule has 1 aliphatic rings. The highest BCUT2D eigenvalue weighted by Crippen LogP contribution is 2.30. The maximum Gasteiger partial charge on any atom is 0.239 e. The Morgan fingerprint density at radius 1 is 1.47 bits per heavy atom. The molecule has 0 radical (unpaired) electrons. The lowest BCUT2D eigenvalue weighted by molar-refractivity contribution is -0.123. The Morgan fingerprint density at radius 3 is 3.00 bits per heavy atom. The molecule has 5 nitrogen and oxygen atoms in total. The Morgan fingerprint density at radius 2 is 2.24 bits per heavy atom. The number of nitrogens with one attached hydrogen (secondary N) is 1. The molecule has 5 heteroatoms. The largest absolute Gasteiger partial charge is 0.491 e. The van der Waals surface area contributed by atoms with Crippen LogP contribution >= 0.6 is 0 Å². The molecule has 1 heterocycles. The first-order valence-corrected chi connectivity index (χ1v) is 5.45. The van der Waals surface area contributed by atoms with Gasteiger partial charge in [-0.05, 0) is 12.1 Å². The van der Waals surface area contributed by atoms with Gasteiger partial charge in [0.25, 0.3) is 0 Å². The van der Waals surface area contributed by atoms with Crippen molar-refractivity contribution in [2.75, 3.05) is 25.1 Å². The number of ether oxygens (including phenoxy) is 1. The highest BCUT2D eigenvalue weighted by Gasteiger charge is 2.24. The van der Waals surface area contributed by atoms with Crippen LogP contribution in [0.4, 0.5) is 5.69 Å². The number of carbonyl (C=O) groups is 2.